The number of nitrogens with zero attached hydrogens (tertiary/aromatic N) is 3. The Hall–Kier alpha value is -1.75. The van der Waals surface area contributed by atoms with Crippen molar-refractivity contribution in [2.24, 2.45) is 0 Å². The van der Waals surface area contributed by atoms with Crippen molar-refractivity contribution >= 4 is 17.9 Å². The molecule has 0 unspecified atom stereocenters. The number of carbonyl (C=O) groups is 3. The largest absolute Gasteiger partial charge is 0.469 e. The summed E-state index contributed by atoms with van der Waals surface area (Å²) >= 11 is 0. The van der Waals surface area contributed by atoms with Crippen LogP contribution in [0.15, 0.2) is 0 Å². The Balaban J connectivity index is 4.42. The summed E-state index contributed by atoms with van der Waals surface area (Å²) in [6, 6.07) is 0.379. The molecule has 0 atom stereocenters. The summed E-state index contributed by atoms with van der Waals surface area (Å²) in [5, 5.41) is 3.25. The summed E-state index contributed by atoms with van der Waals surface area (Å²) in [6.07, 6.45) is 0.972. The molecule has 0 radical (unpaired) electrons. The van der Waals surface area contributed by atoms with Crippen LogP contribution in [0, 0.1) is 0 Å². The van der Waals surface area contributed by atoms with E-state index in [0.717, 1.165) is 39.3 Å². The molecule has 10 nitrogen and oxygen atoms in total. The maximum Gasteiger partial charge on any atom is 0.306 e. The molecule has 0 bridgehead atoms. The molecular formula is C22H44N4O6. The Bertz CT molecular complexity index is 513. The number of carbonyl (C=O) groups excluding carboxylic acids is 3. The van der Waals surface area contributed by atoms with Crippen molar-refractivity contribution < 1.29 is 28.6 Å². The molecule has 0 aliphatic rings. The van der Waals surface area contributed by atoms with Crippen LogP contribution >= 0.6 is 0 Å². The average Bonchev–Trinajstić information content (AvgIpc) is 2.78. The number of ether oxygens (including phenoxy) is 3. The van der Waals surface area contributed by atoms with Crippen molar-refractivity contribution in [3.8, 4) is 0 Å². The van der Waals surface area contributed by atoms with Crippen LogP contribution in [0.3, 0.4) is 0 Å². The minimum absolute atomic E-state index is 0.203. The summed E-state index contributed by atoms with van der Waals surface area (Å²) < 4.78 is 14.1. The summed E-state index contributed by atoms with van der Waals surface area (Å²) in [5.41, 5.74) is 0. The maximum absolute atomic E-state index is 11.5. The van der Waals surface area contributed by atoms with Gasteiger partial charge in [-0.25, -0.2) is 0 Å². The second kappa shape index (κ2) is 18.8. The molecule has 0 saturated carbocycles. The van der Waals surface area contributed by atoms with Crippen molar-refractivity contribution in [1.82, 2.24) is 20.0 Å². The van der Waals surface area contributed by atoms with Gasteiger partial charge in [-0.15, -0.1) is 0 Å². The Kier molecular flexibility index (Phi) is 17.8. The van der Waals surface area contributed by atoms with Crippen molar-refractivity contribution in [3.63, 3.8) is 0 Å². The fraction of sp³-hybridized carbons (Fsp3) is 0.864. The Morgan fingerprint density at radius 3 is 1.69 bits per heavy atom. The number of hydrogen-bond donors (Lipinski definition) is 1. The number of nitrogens with one attached hydrogen (secondary N) is 1. The van der Waals surface area contributed by atoms with Crippen molar-refractivity contribution in [3.05, 3.63) is 0 Å². The van der Waals surface area contributed by atoms with Gasteiger partial charge >= 0.3 is 17.9 Å². The minimum atomic E-state index is -0.254. The molecule has 0 rings (SSSR count). The first-order chi connectivity index (χ1) is 15.2. The number of methoxy groups -OCH3 is 3. The van der Waals surface area contributed by atoms with Crippen LogP contribution in [0.4, 0.5) is 0 Å². The lowest BCUT2D eigenvalue weighted by molar-refractivity contribution is -0.142. The number of rotatable bonds is 19. The van der Waals surface area contributed by atoms with Crippen molar-refractivity contribution in [2.75, 3.05) is 87.3 Å². The highest BCUT2D eigenvalue weighted by Gasteiger charge is 2.15. The third kappa shape index (κ3) is 16.0. The SMILES string of the molecule is COC(=O)CCNCCN(C)CCN(CCN(CCC(=O)OC)CCC(=O)OC)C(C)C. The van der Waals surface area contributed by atoms with E-state index in [0.29, 0.717) is 44.9 Å². The van der Waals surface area contributed by atoms with Gasteiger partial charge in [-0.1, -0.05) is 0 Å². The summed E-state index contributed by atoms with van der Waals surface area (Å²) in [7, 11) is 6.24. The van der Waals surface area contributed by atoms with E-state index >= 15 is 0 Å². The molecule has 10 heteroatoms. The number of likely N-dealkylation sites (N-methyl/N-ethyl adjacent to an activating group) is 1. The fourth-order valence-electron chi connectivity index (χ4n) is 3.03. The van der Waals surface area contributed by atoms with Crippen LogP contribution in [-0.4, -0.2) is 126 Å². The molecule has 0 spiro atoms. The van der Waals surface area contributed by atoms with Gasteiger partial charge in [0.05, 0.1) is 40.6 Å². The van der Waals surface area contributed by atoms with E-state index in [2.05, 4.69) is 45.6 Å². The molecule has 0 heterocycles. The molecule has 0 aliphatic carbocycles. The van der Waals surface area contributed by atoms with Gasteiger partial charge < -0.3 is 29.3 Å². The van der Waals surface area contributed by atoms with E-state index in [4.69, 9.17) is 9.47 Å². The molecule has 0 aromatic carbocycles. The van der Waals surface area contributed by atoms with E-state index in [-0.39, 0.29) is 17.9 Å². The molecule has 32 heavy (non-hydrogen) atoms. The van der Waals surface area contributed by atoms with Gasteiger partial charge in [0.1, 0.15) is 0 Å². The highest BCUT2D eigenvalue weighted by atomic mass is 16.5. The molecule has 1 N–H and O–H groups in total. The Morgan fingerprint density at radius 1 is 0.688 bits per heavy atom. The summed E-state index contributed by atoms with van der Waals surface area (Å²) in [4.78, 5) is 40.9. The second-order valence-corrected chi connectivity index (χ2v) is 8.00. The number of hydrogen-bond acceptors (Lipinski definition) is 10. The molecule has 0 fully saturated rings. The molecule has 0 aromatic heterocycles. The van der Waals surface area contributed by atoms with E-state index < -0.39 is 0 Å². The predicted octanol–water partition coefficient (Wildman–Crippen LogP) is 0.210. The topological polar surface area (TPSA) is 101 Å². The van der Waals surface area contributed by atoms with E-state index in [1.165, 1.54) is 21.3 Å². The zero-order valence-corrected chi connectivity index (χ0v) is 20.9. The van der Waals surface area contributed by atoms with Crippen molar-refractivity contribution in [1.29, 1.82) is 0 Å². The normalized spacial score (nSPS) is 11.4. The zero-order chi connectivity index (χ0) is 24.4. The van der Waals surface area contributed by atoms with E-state index in [9.17, 15) is 14.4 Å². The van der Waals surface area contributed by atoms with Gasteiger partial charge in [-0.2, -0.15) is 0 Å². The van der Waals surface area contributed by atoms with Crippen LogP contribution in [0.2, 0.25) is 0 Å². The van der Waals surface area contributed by atoms with Crippen LogP contribution in [-0.2, 0) is 28.6 Å². The van der Waals surface area contributed by atoms with Crippen LogP contribution in [0.5, 0.6) is 0 Å². The van der Waals surface area contributed by atoms with Gasteiger partial charge in [-0.3, -0.25) is 19.3 Å². The average molecular weight is 461 g/mol. The van der Waals surface area contributed by atoms with Gasteiger partial charge in [-0.05, 0) is 20.9 Å². The quantitative estimate of drug-likeness (QED) is 0.164. The highest BCUT2D eigenvalue weighted by Crippen LogP contribution is 2.03. The zero-order valence-electron chi connectivity index (χ0n) is 20.9. The monoisotopic (exact) mass is 460 g/mol. The third-order valence-corrected chi connectivity index (χ3v) is 5.33. The summed E-state index contributed by atoms with van der Waals surface area (Å²) in [6.45, 7) is 11.2. The Labute approximate surface area is 193 Å². The first-order valence-electron chi connectivity index (χ1n) is 11.3. The van der Waals surface area contributed by atoms with Gasteiger partial charge in [0.2, 0.25) is 0 Å². The minimum Gasteiger partial charge on any atom is -0.469 e. The molecule has 0 saturated heterocycles. The lowest BCUT2D eigenvalue weighted by Crippen LogP contribution is -2.43. The highest BCUT2D eigenvalue weighted by molar-refractivity contribution is 5.70. The van der Waals surface area contributed by atoms with Crippen molar-refractivity contribution in [2.45, 2.75) is 39.2 Å². The third-order valence-electron chi connectivity index (χ3n) is 5.33. The van der Waals surface area contributed by atoms with Gasteiger partial charge in [0.15, 0.2) is 0 Å². The molecule has 188 valence electrons. The number of esters is 3. The smallest absolute Gasteiger partial charge is 0.306 e. The second-order valence-electron chi connectivity index (χ2n) is 8.00. The van der Waals surface area contributed by atoms with Crippen LogP contribution in [0.25, 0.3) is 0 Å². The summed E-state index contributed by atoms with van der Waals surface area (Å²) in [5.74, 6) is -0.711. The fourth-order valence-corrected chi connectivity index (χ4v) is 3.03. The molecular weight excluding hydrogens is 416 g/mol. The maximum atomic E-state index is 11.5. The standard InChI is InChI=1S/C22H44N4O6/c1-19(2)26(17-15-24(3)14-11-23-10-7-20(27)30-4)18-16-25(12-8-21(28)31-5)13-9-22(29)32-6/h19,23H,7-18H2,1-6H3. The molecule has 0 aliphatic heterocycles. The van der Waals surface area contributed by atoms with Crippen LogP contribution in [0.1, 0.15) is 33.1 Å². The molecule has 0 aromatic rings. The molecule has 0 amide bonds. The lowest BCUT2D eigenvalue weighted by atomic mass is 10.2. The van der Waals surface area contributed by atoms with Crippen LogP contribution < -0.4 is 5.32 Å². The van der Waals surface area contributed by atoms with E-state index in [1.54, 1.807) is 0 Å². The lowest BCUT2D eigenvalue weighted by Gasteiger charge is -2.31. The first-order valence-corrected chi connectivity index (χ1v) is 11.3. The Morgan fingerprint density at radius 2 is 1.19 bits per heavy atom. The predicted molar refractivity (Wildman–Crippen MR) is 123 cm³/mol. The van der Waals surface area contributed by atoms with E-state index in [1.807, 2.05) is 0 Å². The van der Waals surface area contributed by atoms with Gasteiger partial charge in [0, 0.05) is 64.9 Å². The first kappa shape index (κ1) is 30.2. The van der Waals surface area contributed by atoms with Gasteiger partial charge in [0.25, 0.3) is 0 Å².